The number of hydrogen-bond acceptors (Lipinski definition) is 2. The second-order valence-electron chi connectivity index (χ2n) is 6.46. The second kappa shape index (κ2) is 4.29. The summed E-state index contributed by atoms with van der Waals surface area (Å²) in [6.45, 7) is 0.470. The highest BCUT2D eigenvalue weighted by atomic mass is 19.1. The van der Waals surface area contributed by atoms with Crippen molar-refractivity contribution < 1.29 is 9.50 Å². The van der Waals surface area contributed by atoms with Gasteiger partial charge in [-0.05, 0) is 49.0 Å². The van der Waals surface area contributed by atoms with E-state index >= 15 is 0 Å². The van der Waals surface area contributed by atoms with Gasteiger partial charge in [0.15, 0.2) is 0 Å². The summed E-state index contributed by atoms with van der Waals surface area (Å²) in [4.78, 5) is 0. The zero-order chi connectivity index (χ0) is 13.0. The molecule has 2 bridgehead atoms. The topological polar surface area (TPSA) is 32.3 Å². The van der Waals surface area contributed by atoms with Crippen LogP contribution in [0.3, 0.4) is 0 Å². The first-order valence-electron chi connectivity index (χ1n) is 7.41. The van der Waals surface area contributed by atoms with Crippen molar-refractivity contribution in [2.45, 2.75) is 31.4 Å². The maximum Gasteiger partial charge on any atom is 0.129 e. The molecule has 0 spiro atoms. The molecule has 2 N–H and O–H groups in total. The van der Waals surface area contributed by atoms with Crippen LogP contribution >= 0.6 is 0 Å². The molecule has 2 nitrogen and oxygen atoms in total. The lowest BCUT2D eigenvalue weighted by atomic mass is 10.0. The minimum absolute atomic E-state index is 0.312. The maximum atomic E-state index is 13.6. The molecule has 5 atom stereocenters. The lowest BCUT2D eigenvalue weighted by Gasteiger charge is -2.15. The third kappa shape index (κ3) is 1.83. The number of rotatable bonds is 4. The number of nitrogens with one attached hydrogen (secondary N) is 1. The molecule has 3 aliphatic rings. The Morgan fingerprint density at radius 3 is 2.58 bits per heavy atom. The number of aliphatic hydroxyl groups excluding tert-OH is 1. The van der Waals surface area contributed by atoms with Crippen molar-refractivity contribution >= 4 is 0 Å². The molecule has 4 rings (SSSR count). The van der Waals surface area contributed by atoms with Crippen molar-refractivity contribution in [3.05, 3.63) is 35.6 Å². The number of benzene rings is 1. The molecule has 19 heavy (non-hydrogen) atoms. The summed E-state index contributed by atoms with van der Waals surface area (Å²) in [6.07, 6.45) is 3.50. The average Bonchev–Trinajstić information content (AvgIpc) is 2.80. The summed E-state index contributed by atoms with van der Waals surface area (Å²) in [5, 5.41) is 13.6. The lowest BCUT2D eigenvalue weighted by Crippen LogP contribution is -2.28. The summed E-state index contributed by atoms with van der Waals surface area (Å²) in [7, 11) is 0. The van der Waals surface area contributed by atoms with Crippen LogP contribution in [0.1, 0.15) is 30.9 Å². The Morgan fingerprint density at radius 1 is 1.21 bits per heavy atom. The molecular formula is C16H20FNO. The summed E-state index contributed by atoms with van der Waals surface area (Å²) in [6, 6.07) is 7.09. The van der Waals surface area contributed by atoms with Crippen LogP contribution in [-0.4, -0.2) is 17.7 Å². The predicted octanol–water partition coefficient (Wildman–Crippen LogP) is 2.49. The summed E-state index contributed by atoms with van der Waals surface area (Å²) in [5.41, 5.74) is 0.406. The van der Waals surface area contributed by atoms with E-state index in [0.29, 0.717) is 18.2 Å². The van der Waals surface area contributed by atoms with Crippen LogP contribution in [0.4, 0.5) is 4.39 Å². The normalized spacial score (nSPS) is 40.2. The Morgan fingerprint density at radius 2 is 1.89 bits per heavy atom. The van der Waals surface area contributed by atoms with Crippen LogP contribution in [-0.2, 0) is 0 Å². The van der Waals surface area contributed by atoms with E-state index in [-0.39, 0.29) is 5.82 Å². The fourth-order valence-corrected chi connectivity index (χ4v) is 4.70. The minimum atomic E-state index is -0.736. The van der Waals surface area contributed by atoms with Gasteiger partial charge in [-0.25, -0.2) is 4.39 Å². The molecule has 3 saturated carbocycles. The van der Waals surface area contributed by atoms with Gasteiger partial charge in [0.1, 0.15) is 5.82 Å². The molecule has 0 radical (unpaired) electrons. The highest BCUT2D eigenvalue weighted by Gasteiger charge is 2.64. The second-order valence-corrected chi connectivity index (χ2v) is 6.46. The smallest absolute Gasteiger partial charge is 0.129 e. The molecule has 1 aromatic carbocycles. The molecular weight excluding hydrogens is 241 g/mol. The van der Waals surface area contributed by atoms with Crippen LogP contribution in [0, 0.1) is 29.5 Å². The Hall–Kier alpha value is -0.930. The average molecular weight is 261 g/mol. The predicted molar refractivity (Wildman–Crippen MR) is 71.0 cm³/mol. The molecule has 0 aliphatic heterocycles. The highest BCUT2D eigenvalue weighted by Crippen LogP contribution is 2.65. The molecule has 0 saturated heterocycles. The molecule has 1 aromatic rings. The van der Waals surface area contributed by atoms with Crippen molar-refractivity contribution in [3.63, 3.8) is 0 Å². The molecule has 0 amide bonds. The summed E-state index contributed by atoms with van der Waals surface area (Å²) >= 11 is 0. The van der Waals surface area contributed by atoms with Crippen molar-refractivity contribution in [2.24, 2.45) is 23.7 Å². The first-order valence-corrected chi connectivity index (χ1v) is 7.41. The fraction of sp³-hybridized carbons (Fsp3) is 0.625. The molecule has 3 heteroatoms. The molecule has 0 heterocycles. The number of halogens is 1. The summed E-state index contributed by atoms with van der Waals surface area (Å²) < 4.78 is 13.6. The zero-order valence-corrected chi connectivity index (χ0v) is 10.9. The fourth-order valence-electron chi connectivity index (χ4n) is 4.70. The van der Waals surface area contributed by atoms with E-state index in [1.807, 2.05) is 0 Å². The van der Waals surface area contributed by atoms with Gasteiger partial charge in [-0.2, -0.15) is 0 Å². The highest BCUT2D eigenvalue weighted by molar-refractivity contribution is 5.21. The number of hydrogen-bond donors (Lipinski definition) is 2. The van der Waals surface area contributed by atoms with Crippen LogP contribution in [0.2, 0.25) is 0 Å². The van der Waals surface area contributed by atoms with Crippen LogP contribution in [0.25, 0.3) is 0 Å². The Labute approximate surface area is 113 Å². The summed E-state index contributed by atoms with van der Waals surface area (Å²) in [5.74, 6) is 3.25. The van der Waals surface area contributed by atoms with Gasteiger partial charge in [0.25, 0.3) is 0 Å². The lowest BCUT2D eigenvalue weighted by molar-refractivity contribution is 0.167. The van der Waals surface area contributed by atoms with Crippen LogP contribution in [0.5, 0.6) is 0 Å². The number of aliphatic hydroxyl groups is 1. The Bertz CT molecular complexity index is 475. The Balaban J connectivity index is 1.35. The van der Waals surface area contributed by atoms with E-state index < -0.39 is 6.10 Å². The molecule has 5 unspecified atom stereocenters. The van der Waals surface area contributed by atoms with E-state index in [9.17, 15) is 9.50 Å². The molecule has 3 aliphatic carbocycles. The third-order valence-electron chi connectivity index (χ3n) is 5.55. The number of fused-ring (bicyclic) bond motifs is 5. The van der Waals surface area contributed by atoms with Gasteiger partial charge in [-0.15, -0.1) is 0 Å². The first kappa shape index (κ1) is 11.9. The van der Waals surface area contributed by atoms with Crippen molar-refractivity contribution in [2.75, 3.05) is 6.54 Å². The van der Waals surface area contributed by atoms with Gasteiger partial charge < -0.3 is 10.4 Å². The standard InChI is InChI=1S/C16H20FNO/c17-12-4-2-1-3-11(12)13(19)8-18-16-14-9-5-6-10(7-9)15(14)16/h1-4,9-10,13-16,18-19H,5-8H2. The van der Waals surface area contributed by atoms with Gasteiger partial charge in [-0.1, -0.05) is 18.2 Å². The van der Waals surface area contributed by atoms with Gasteiger partial charge >= 0.3 is 0 Å². The third-order valence-corrected chi connectivity index (χ3v) is 5.55. The van der Waals surface area contributed by atoms with E-state index in [0.717, 1.165) is 23.7 Å². The van der Waals surface area contributed by atoms with Gasteiger partial charge in [0.2, 0.25) is 0 Å². The van der Waals surface area contributed by atoms with Gasteiger partial charge in [-0.3, -0.25) is 0 Å². The van der Waals surface area contributed by atoms with Crippen molar-refractivity contribution in [1.29, 1.82) is 0 Å². The van der Waals surface area contributed by atoms with Crippen molar-refractivity contribution in [3.8, 4) is 0 Å². The van der Waals surface area contributed by atoms with Gasteiger partial charge in [0, 0.05) is 18.2 Å². The van der Waals surface area contributed by atoms with E-state index in [1.165, 1.54) is 25.3 Å². The quantitative estimate of drug-likeness (QED) is 0.873. The van der Waals surface area contributed by atoms with Crippen LogP contribution < -0.4 is 5.32 Å². The maximum absolute atomic E-state index is 13.6. The molecule has 3 fully saturated rings. The van der Waals surface area contributed by atoms with Crippen LogP contribution in [0.15, 0.2) is 24.3 Å². The monoisotopic (exact) mass is 261 g/mol. The van der Waals surface area contributed by atoms with E-state index in [4.69, 9.17) is 0 Å². The van der Waals surface area contributed by atoms with Gasteiger partial charge in [0.05, 0.1) is 6.10 Å². The first-order chi connectivity index (χ1) is 9.25. The van der Waals surface area contributed by atoms with E-state index in [1.54, 1.807) is 18.2 Å². The Kier molecular flexibility index (Phi) is 2.68. The van der Waals surface area contributed by atoms with E-state index in [2.05, 4.69) is 5.32 Å². The largest absolute Gasteiger partial charge is 0.387 e. The SMILES string of the molecule is OC(CNC1C2C3CCC(C3)C12)c1ccccc1F. The molecule has 102 valence electrons. The van der Waals surface area contributed by atoms with Crippen molar-refractivity contribution in [1.82, 2.24) is 5.32 Å². The molecule has 0 aromatic heterocycles. The minimum Gasteiger partial charge on any atom is -0.387 e. The zero-order valence-electron chi connectivity index (χ0n) is 10.9.